The van der Waals surface area contributed by atoms with Crippen LogP contribution >= 0.6 is 0 Å². The van der Waals surface area contributed by atoms with Gasteiger partial charge in [0.1, 0.15) is 5.82 Å². The average Bonchev–Trinajstić information content (AvgIpc) is 3.23. The lowest BCUT2D eigenvalue weighted by atomic mass is 10.1. The Kier molecular flexibility index (Phi) is 5.48. The summed E-state index contributed by atoms with van der Waals surface area (Å²) in [6.07, 6.45) is 0. The summed E-state index contributed by atoms with van der Waals surface area (Å²) in [6.45, 7) is 7.24. The maximum atomic E-state index is 12.8. The number of carbonyl (C=O) groups excluding carboxylic acids is 1. The molecule has 0 atom stereocenters. The van der Waals surface area contributed by atoms with Gasteiger partial charge in [0.05, 0.1) is 24.5 Å². The Morgan fingerprint density at radius 1 is 0.800 bits per heavy atom. The quantitative estimate of drug-likeness (QED) is 0.524. The molecule has 1 N–H and O–H groups in total. The van der Waals surface area contributed by atoms with E-state index in [0.717, 1.165) is 28.2 Å². The first-order chi connectivity index (χ1) is 14.5. The van der Waals surface area contributed by atoms with Crippen molar-refractivity contribution < 1.29 is 4.79 Å². The van der Waals surface area contributed by atoms with Crippen LogP contribution in [0.5, 0.6) is 0 Å². The fourth-order valence-electron chi connectivity index (χ4n) is 3.48. The van der Waals surface area contributed by atoms with Gasteiger partial charge in [0.25, 0.3) is 5.91 Å². The lowest BCUT2D eigenvalue weighted by molar-refractivity contribution is 0.102. The molecule has 1 amide bonds. The molecule has 0 aliphatic heterocycles. The van der Waals surface area contributed by atoms with E-state index in [4.69, 9.17) is 0 Å². The molecule has 0 aliphatic carbocycles. The number of carbonyl (C=O) groups is 1. The minimum Gasteiger partial charge on any atom is -0.307 e. The minimum atomic E-state index is -0.151. The predicted molar refractivity (Wildman–Crippen MR) is 118 cm³/mol. The zero-order valence-electron chi connectivity index (χ0n) is 17.5. The summed E-state index contributed by atoms with van der Waals surface area (Å²) >= 11 is 0. The number of amides is 1. The number of hydrogen-bond acceptors (Lipinski definition) is 3. The van der Waals surface area contributed by atoms with Gasteiger partial charge in [-0.25, -0.2) is 4.68 Å². The van der Waals surface area contributed by atoms with E-state index in [1.165, 1.54) is 0 Å². The smallest absolute Gasteiger partial charge is 0.256 e. The molecular weight excluding hydrogens is 374 g/mol. The summed E-state index contributed by atoms with van der Waals surface area (Å²) < 4.78 is 3.79. The second kappa shape index (κ2) is 8.37. The van der Waals surface area contributed by atoms with E-state index in [2.05, 4.69) is 21.6 Å². The standard InChI is InChI=1S/C24H25N5O/c1-17-13-19(3)28(26-17)15-21-9-11-22(12-10-21)24(30)25-23-14-18(2)27-29(23)16-20-7-5-4-6-8-20/h4-14H,15-16H2,1-3H3,(H,25,30). The number of aromatic nitrogens is 4. The SMILES string of the molecule is Cc1cc(C)n(Cc2ccc(C(=O)Nc3cc(C)nn3Cc3ccccc3)cc2)n1. The Hall–Kier alpha value is -3.67. The Morgan fingerprint density at radius 2 is 1.40 bits per heavy atom. The van der Waals surface area contributed by atoms with Crippen LogP contribution in [0.4, 0.5) is 5.82 Å². The molecule has 2 heterocycles. The fraction of sp³-hybridized carbons (Fsp3) is 0.208. The fourth-order valence-corrected chi connectivity index (χ4v) is 3.48. The van der Waals surface area contributed by atoms with Crippen LogP contribution < -0.4 is 5.32 Å². The lowest BCUT2D eigenvalue weighted by Gasteiger charge is -2.10. The summed E-state index contributed by atoms with van der Waals surface area (Å²) in [5, 5.41) is 12.0. The van der Waals surface area contributed by atoms with Crippen molar-refractivity contribution in [1.29, 1.82) is 0 Å². The van der Waals surface area contributed by atoms with Gasteiger partial charge in [0.2, 0.25) is 0 Å². The number of nitrogens with zero attached hydrogens (tertiary/aromatic N) is 4. The van der Waals surface area contributed by atoms with Gasteiger partial charge < -0.3 is 5.32 Å². The molecular formula is C24H25N5O. The largest absolute Gasteiger partial charge is 0.307 e. The summed E-state index contributed by atoms with van der Waals surface area (Å²) in [7, 11) is 0. The molecule has 0 saturated carbocycles. The summed E-state index contributed by atoms with van der Waals surface area (Å²) in [5.41, 5.74) is 5.83. The number of rotatable bonds is 6. The van der Waals surface area contributed by atoms with Gasteiger partial charge >= 0.3 is 0 Å². The number of benzene rings is 2. The molecule has 152 valence electrons. The van der Waals surface area contributed by atoms with Crippen molar-refractivity contribution in [1.82, 2.24) is 19.6 Å². The molecule has 6 heteroatoms. The van der Waals surface area contributed by atoms with Crippen LogP contribution in [0.1, 0.15) is 38.6 Å². The van der Waals surface area contributed by atoms with Crippen molar-refractivity contribution in [2.75, 3.05) is 5.32 Å². The number of nitrogens with one attached hydrogen (secondary N) is 1. The maximum absolute atomic E-state index is 12.8. The van der Waals surface area contributed by atoms with E-state index in [1.807, 2.05) is 90.8 Å². The minimum absolute atomic E-state index is 0.151. The van der Waals surface area contributed by atoms with E-state index < -0.39 is 0 Å². The summed E-state index contributed by atoms with van der Waals surface area (Å²) in [4.78, 5) is 12.8. The normalized spacial score (nSPS) is 10.9. The topological polar surface area (TPSA) is 64.7 Å². The van der Waals surface area contributed by atoms with Gasteiger partial charge in [-0.2, -0.15) is 10.2 Å². The molecule has 30 heavy (non-hydrogen) atoms. The molecule has 0 fully saturated rings. The van der Waals surface area contributed by atoms with Crippen LogP contribution in [-0.2, 0) is 13.1 Å². The van der Waals surface area contributed by atoms with E-state index in [-0.39, 0.29) is 5.91 Å². The van der Waals surface area contributed by atoms with Crippen molar-refractivity contribution in [2.24, 2.45) is 0 Å². The van der Waals surface area contributed by atoms with Crippen LogP contribution in [0.25, 0.3) is 0 Å². The predicted octanol–water partition coefficient (Wildman–Crippen LogP) is 4.35. The van der Waals surface area contributed by atoms with Crippen LogP contribution in [0.3, 0.4) is 0 Å². The molecule has 0 saturated heterocycles. The molecule has 0 bridgehead atoms. The highest BCUT2D eigenvalue weighted by atomic mass is 16.1. The third-order valence-electron chi connectivity index (χ3n) is 4.97. The van der Waals surface area contributed by atoms with Crippen LogP contribution in [0.2, 0.25) is 0 Å². The molecule has 2 aromatic heterocycles. The van der Waals surface area contributed by atoms with E-state index in [1.54, 1.807) is 0 Å². The maximum Gasteiger partial charge on any atom is 0.256 e. The van der Waals surface area contributed by atoms with Gasteiger partial charge in [-0.05, 0) is 50.1 Å². The highest BCUT2D eigenvalue weighted by Crippen LogP contribution is 2.15. The number of aryl methyl sites for hydroxylation is 3. The molecule has 0 spiro atoms. The Labute approximate surface area is 176 Å². The van der Waals surface area contributed by atoms with Crippen molar-refractivity contribution in [3.63, 3.8) is 0 Å². The van der Waals surface area contributed by atoms with Crippen LogP contribution in [0.15, 0.2) is 66.7 Å². The first-order valence-corrected chi connectivity index (χ1v) is 9.97. The van der Waals surface area contributed by atoms with E-state index >= 15 is 0 Å². The Bertz CT molecular complexity index is 1160. The molecule has 6 nitrogen and oxygen atoms in total. The average molecular weight is 399 g/mol. The first kappa shape index (κ1) is 19.6. The van der Waals surface area contributed by atoms with E-state index in [9.17, 15) is 4.79 Å². The number of anilines is 1. The molecule has 4 rings (SSSR count). The van der Waals surface area contributed by atoms with Crippen LogP contribution in [-0.4, -0.2) is 25.5 Å². The van der Waals surface area contributed by atoms with Crippen molar-refractivity contribution in [3.8, 4) is 0 Å². The molecule has 4 aromatic rings. The van der Waals surface area contributed by atoms with Gasteiger partial charge in [0, 0.05) is 17.3 Å². The van der Waals surface area contributed by atoms with Gasteiger partial charge in [-0.3, -0.25) is 9.48 Å². The van der Waals surface area contributed by atoms with Crippen LogP contribution in [0, 0.1) is 20.8 Å². The summed E-state index contributed by atoms with van der Waals surface area (Å²) in [5.74, 6) is 0.537. The molecule has 0 aliphatic rings. The molecule has 0 radical (unpaired) electrons. The number of hydrogen-bond donors (Lipinski definition) is 1. The van der Waals surface area contributed by atoms with Gasteiger partial charge in [-0.15, -0.1) is 0 Å². The monoisotopic (exact) mass is 399 g/mol. The van der Waals surface area contributed by atoms with Gasteiger partial charge in [0.15, 0.2) is 0 Å². The first-order valence-electron chi connectivity index (χ1n) is 9.97. The summed E-state index contributed by atoms with van der Waals surface area (Å²) in [6, 6.07) is 21.7. The van der Waals surface area contributed by atoms with Gasteiger partial charge in [-0.1, -0.05) is 42.5 Å². The molecule has 2 aromatic carbocycles. The third-order valence-corrected chi connectivity index (χ3v) is 4.97. The Balaban J connectivity index is 1.46. The van der Waals surface area contributed by atoms with Crippen molar-refractivity contribution >= 4 is 11.7 Å². The Morgan fingerprint density at radius 3 is 2.07 bits per heavy atom. The molecule has 0 unspecified atom stereocenters. The van der Waals surface area contributed by atoms with Crippen molar-refractivity contribution in [2.45, 2.75) is 33.9 Å². The van der Waals surface area contributed by atoms with E-state index in [0.29, 0.717) is 24.5 Å². The highest BCUT2D eigenvalue weighted by Gasteiger charge is 2.12. The highest BCUT2D eigenvalue weighted by molar-refractivity contribution is 6.03. The second-order valence-corrected chi connectivity index (χ2v) is 7.55. The second-order valence-electron chi connectivity index (χ2n) is 7.55. The third kappa shape index (κ3) is 4.49. The zero-order valence-corrected chi connectivity index (χ0v) is 17.5. The lowest BCUT2D eigenvalue weighted by Crippen LogP contribution is -2.16. The van der Waals surface area contributed by atoms with Crippen molar-refractivity contribution in [3.05, 3.63) is 101 Å². The zero-order chi connectivity index (χ0) is 21.1.